The first-order valence-corrected chi connectivity index (χ1v) is 7.98. The summed E-state index contributed by atoms with van der Waals surface area (Å²) in [7, 11) is 1.34. The normalized spacial score (nSPS) is 12.3. The first-order valence-electron chi connectivity index (χ1n) is 7.98. The van der Waals surface area contributed by atoms with E-state index in [-0.39, 0.29) is 31.6 Å². The molecule has 0 aliphatic heterocycles. The molecule has 6 heteroatoms. The summed E-state index contributed by atoms with van der Waals surface area (Å²) in [6, 6.07) is 9.54. The zero-order valence-electron chi connectivity index (χ0n) is 14.8. The molecule has 0 heterocycles. The highest BCUT2D eigenvalue weighted by atomic mass is 16.6. The van der Waals surface area contributed by atoms with E-state index in [1.54, 1.807) is 0 Å². The van der Waals surface area contributed by atoms with Gasteiger partial charge in [0.25, 0.3) is 0 Å². The van der Waals surface area contributed by atoms with E-state index in [1.165, 1.54) is 7.11 Å². The predicted octanol–water partition coefficient (Wildman–Crippen LogP) is 2.70. The Morgan fingerprint density at radius 1 is 1.17 bits per heavy atom. The molecule has 0 bridgehead atoms. The van der Waals surface area contributed by atoms with Gasteiger partial charge >= 0.3 is 12.1 Å². The molecule has 6 nitrogen and oxygen atoms in total. The second-order valence-corrected chi connectivity index (χ2v) is 6.43. The van der Waals surface area contributed by atoms with Crippen LogP contribution in [0.5, 0.6) is 0 Å². The van der Waals surface area contributed by atoms with Crippen molar-refractivity contribution >= 4 is 12.1 Å². The summed E-state index contributed by atoms with van der Waals surface area (Å²) in [5.74, 6) is -0.324. The average Bonchev–Trinajstić information content (AvgIpc) is 2.50. The van der Waals surface area contributed by atoms with Crippen molar-refractivity contribution in [2.24, 2.45) is 0 Å². The molecule has 1 aromatic rings. The summed E-state index contributed by atoms with van der Waals surface area (Å²) in [4.78, 5) is 23.1. The fourth-order valence-electron chi connectivity index (χ4n) is 2.01. The van der Waals surface area contributed by atoms with Crippen LogP contribution >= 0.6 is 0 Å². The quantitative estimate of drug-likeness (QED) is 0.583. The molecule has 1 atom stereocenters. The van der Waals surface area contributed by atoms with Crippen LogP contribution in [-0.2, 0) is 25.4 Å². The molecule has 24 heavy (non-hydrogen) atoms. The minimum absolute atomic E-state index is 0.182. The number of amides is 1. The molecule has 134 valence electrons. The van der Waals surface area contributed by atoms with Crippen molar-refractivity contribution in [3.63, 3.8) is 0 Å². The highest BCUT2D eigenvalue weighted by molar-refractivity contribution is 5.69. The van der Waals surface area contributed by atoms with Crippen molar-refractivity contribution < 1.29 is 23.8 Å². The van der Waals surface area contributed by atoms with Crippen molar-refractivity contribution in [1.82, 2.24) is 5.32 Å². The third kappa shape index (κ3) is 9.15. The number of carbonyl (C=O) groups is 2. The Balaban J connectivity index is 2.55. The Labute approximate surface area is 143 Å². The number of ether oxygens (including phenoxy) is 3. The van der Waals surface area contributed by atoms with E-state index in [9.17, 15) is 9.59 Å². The second-order valence-electron chi connectivity index (χ2n) is 6.43. The first-order chi connectivity index (χ1) is 11.3. The summed E-state index contributed by atoms with van der Waals surface area (Å²) >= 11 is 0. The van der Waals surface area contributed by atoms with Crippen molar-refractivity contribution in [3.8, 4) is 0 Å². The molecule has 1 amide bonds. The predicted molar refractivity (Wildman–Crippen MR) is 90.8 cm³/mol. The van der Waals surface area contributed by atoms with Gasteiger partial charge in [-0.25, -0.2) is 4.79 Å². The van der Waals surface area contributed by atoms with Gasteiger partial charge in [-0.1, -0.05) is 30.3 Å². The molecule has 1 rings (SSSR count). The molecule has 0 aliphatic carbocycles. The Morgan fingerprint density at radius 3 is 2.42 bits per heavy atom. The van der Waals surface area contributed by atoms with E-state index in [4.69, 9.17) is 9.47 Å². The van der Waals surface area contributed by atoms with Crippen molar-refractivity contribution in [2.75, 3.05) is 20.3 Å². The van der Waals surface area contributed by atoms with Crippen LogP contribution < -0.4 is 5.32 Å². The van der Waals surface area contributed by atoms with Gasteiger partial charge in [-0.2, -0.15) is 0 Å². The zero-order valence-corrected chi connectivity index (χ0v) is 14.8. The zero-order chi connectivity index (χ0) is 18.0. The largest absolute Gasteiger partial charge is 0.469 e. The number of rotatable bonds is 8. The van der Waals surface area contributed by atoms with Gasteiger partial charge in [0.15, 0.2) is 0 Å². The fraction of sp³-hybridized carbons (Fsp3) is 0.556. The summed E-state index contributed by atoms with van der Waals surface area (Å²) in [6.07, 6.45) is 0.305. The number of hydrogen-bond donors (Lipinski definition) is 1. The van der Waals surface area contributed by atoms with Crippen molar-refractivity contribution in [3.05, 3.63) is 35.9 Å². The van der Waals surface area contributed by atoms with E-state index >= 15 is 0 Å². The number of benzene rings is 1. The lowest BCUT2D eigenvalue weighted by Crippen LogP contribution is -2.42. The molecule has 0 saturated heterocycles. The van der Waals surface area contributed by atoms with Gasteiger partial charge in [0.2, 0.25) is 0 Å². The Kier molecular flexibility index (Phi) is 8.26. The van der Waals surface area contributed by atoms with Gasteiger partial charge in [-0.15, -0.1) is 0 Å². The number of hydrogen-bond acceptors (Lipinski definition) is 5. The number of methoxy groups -OCH3 is 1. The number of alkyl carbamates (subject to hydrolysis) is 1. The van der Waals surface area contributed by atoms with Gasteiger partial charge in [0, 0.05) is 0 Å². The van der Waals surface area contributed by atoms with Gasteiger partial charge in [-0.05, 0) is 32.8 Å². The molecule has 0 saturated carbocycles. The van der Waals surface area contributed by atoms with E-state index in [2.05, 4.69) is 10.1 Å². The summed E-state index contributed by atoms with van der Waals surface area (Å²) < 4.78 is 15.4. The van der Waals surface area contributed by atoms with Crippen LogP contribution in [0.4, 0.5) is 4.79 Å². The van der Waals surface area contributed by atoms with Gasteiger partial charge < -0.3 is 19.5 Å². The maximum atomic E-state index is 12.0. The minimum atomic E-state index is -0.562. The molecular formula is C18H27NO5. The van der Waals surface area contributed by atoms with Crippen molar-refractivity contribution in [1.29, 1.82) is 0 Å². The summed E-state index contributed by atoms with van der Waals surface area (Å²) in [6.45, 7) is 5.96. The highest BCUT2D eigenvalue weighted by Gasteiger charge is 2.20. The van der Waals surface area contributed by atoms with Crippen LogP contribution in [0.2, 0.25) is 0 Å². The molecule has 0 aliphatic rings. The van der Waals surface area contributed by atoms with Crippen LogP contribution in [0, 0.1) is 0 Å². The molecule has 0 aromatic heterocycles. The second kappa shape index (κ2) is 9.93. The third-order valence-corrected chi connectivity index (χ3v) is 3.04. The van der Waals surface area contributed by atoms with Gasteiger partial charge in [0.1, 0.15) is 5.60 Å². The van der Waals surface area contributed by atoms with E-state index in [0.717, 1.165) is 5.56 Å². The van der Waals surface area contributed by atoms with Crippen LogP contribution in [0.15, 0.2) is 30.3 Å². The van der Waals surface area contributed by atoms with E-state index < -0.39 is 11.7 Å². The Bertz CT molecular complexity index is 510. The number of nitrogens with one attached hydrogen (secondary N) is 1. The molecule has 0 spiro atoms. The number of carbonyl (C=O) groups excluding carboxylic acids is 2. The van der Waals surface area contributed by atoms with E-state index in [0.29, 0.717) is 6.42 Å². The monoisotopic (exact) mass is 337 g/mol. The lowest BCUT2D eigenvalue weighted by atomic mass is 10.1. The van der Waals surface area contributed by atoms with Crippen LogP contribution in [0.1, 0.15) is 32.8 Å². The van der Waals surface area contributed by atoms with Crippen molar-refractivity contribution in [2.45, 2.75) is 45.3 Å². The molecule has 1 unspecified atom stereocenters. The maximum Gasteiger partial charge on any atom is 0.407 e. The molecule has 0 fully saturated rings. The van der Waals surface area contributed by atoms with Crippen LogP contribution in [-0.4, -0.2) is 44.0 Å². The Morgan fingerprint density at radius 2 is 1.83 bits per heavy atom. The lowest BCUT2D eigenvalue weighted by molar-refractivity contribution is -0.141. The van der Waals surface area contributed by atoms with E-state index in [1.807, 2.05) is 51.1 Å². The van der Waals surface area contributed by atoms with Gasteiger partial charge in [0.05, 0.1) is 32.8 Å². The average molecular weight is 337 g/mol. The smallest absolute Gasteiger partial charge is 0.407 e. The van der Waals surface area contributed by atoms with Gasteiger partial charge in [-0.3, -0.25) is 4.79 Å². The lowest BCUT2D eigenvalue weighted by Gasteiger charge is -2.23. The topological polar surface area (TPSA) is 73.9 Å². The molecule has 1 aromatic carbocycles. The standard InChI is InChI=1S/C18H27NO5/c1-18(2,3)24-17(21)19-15(12-14-8-6-5-7-9-14)13-23-11-10-16(20)22-4/h5-9,15H,10-13H2,1-4H3,(H,19,21). The first kappa shape index (κ1) is 20.0. The number of esters is 1. The maximum absolute atomic E-state index is 12.0. The molecule has 1 N–H and O–H groups in total. The summed E-state index contributed by atoms with van der Waals surface area (Å²) in [5.41, 5.74) is 0.516. The summed E-state index contributed by atoms with van der Waals surface area (Å²) in [5, 5.41) is 2.82. The SMILES string of the molecule is COC(=O)CCOCC(Cc1ccccc1)NC(=O)OC(C)(C)C. The fourth-order valence-corrected chi connectivity index (χ4v) is 2.01. The molecular weight excluding hydrogens is 310 g/mol. The third-order valence-electron chi connectivity index (χ3n) is 3.04. The highest BCUT2D eigenvalue weighted by Crippen LogP contribution is 2.09. The minimum Gasteiger partial charge on any atom is -0.469 e. The van der Waals surface area contributed by atoms with Crippen LogP contribution in [0.3, 0.4) is 0 Å². The molecule has 0 radical (unpaired) electrons. The van der Waals surface area contributed by atoms with Crippen LogP contribution in [0.25, 0.3) is 0 Å². The Hall–Kier alpha value is -2.08.